The summed E-state index contributed by atoms with van der Waals surface area (Å²) in [5.74, 6) is 0.687. The minimum Gasteiger partial charge on any atom is -0.419 e. The summed E-state index contributed by atoms with van der Waals surface area (Å²) in [6.07, 6.45) is 0. The lowest BCUT2D eigenvalue weighted by Gasteiger charge is -2.05. The molecule has 5 heteroatoms. The summed E-state index contributed by atoms with van der Waals surface area (Å²) in [6, 6.07) is 15.2. The Balaban J connectivity index is 1.70. The van der Waals surface area contributed by atoms with Gasteiger partial charge in [0.15, 0.2) is 0 Å². The molecule has 0 aliphatic carbocycles. The Bertz CT molecular complexity index is 840. The highest BCUT2D eigenvalue weighted by molar-refractivity contribution is 5.95. The standard InChI is InChI=1S/C18H17N3O2/c1-12-7-3-5-9-14(12)17(22)19-11-16-20-21-18(23-16)15-10-6-4-8-13(15)2/h3-10H,11H2,1-2H3,(H,19,22). The average molecular weight is 307 g/mol. The highest BCUT2D eigenvalue weighted by atomic mass is 16.4. The number of hydrogen-bond donors (Lipinski definition) is 1. The fraction of sp³-hybridized carbons (Fsp3) is 0.167. The predicted octanol–water partition coefficient (Wildman–Crippen LogP) is 3.28. The van der Waals surface area contributed by atoms with Crippen LogP contribution in [0.15, 0.2) is 52.9 Å². The van der Waals surface area contributed by atoms with Gasteiger partial charge in [0.25, 0.3) is 5.91 Å². The number of carbonyl (C=O) groups excluding carboxylic acids is 1. The average Bonchev–Trinajstić information content (AvgIpc) is 3.02. The summed E-state index contributed by atoms with van der Waals surface area (Å²) in [7, 11) is 0. The van der Waals surface area contributed by atoms with E-state index in [1.54, 1.807) is 6.07 Å². The Hall–Kier alpha value is -2.95. The first-order valence-electron chi connectivity index (χ1n) is 7.37. The molecule has 3 aromatic rings. The zero-order valence-electron chi connectivity index (χ0n) is 13.0. The molecule has 1 heterocycles. The highest BCUT2D eigenvalue weighted by Crippen LogP contribution is 2.21. The molecule has 0 aliphatic rings. The van der Waals surface area contributed by atoms with Gasteiger partial charge < -0.3 is 9.73 Å². The third-order valence-corrected chi connectivity index (χ3v) is 3.63. The lowest BCUT2D eigenvalue weighted by molar-refractivity contribution is 0.0946. The van der Waals surface area contributed by atoms with E-state index in [4.69, 9.17) is 4.42 Å². The van der Waals surface area contributed by atoms with Crippen molar-refractivity contribution in [3.63, 3.8) is 0 Å². The molecule has 116 valence electrons. The number of aromatic nitrogens is 2. The van der Waals surface area contributed by atoms with Crippen LogP contribution in [0.25, 0.3) is 11.5 Å². The highest BCUT2D eigenvalue weighted by Gasteiger charge is 2.12. The summed E-state index contributed by atoms with van der Waals surface area (Å²) in [4.78, 5) is 12.2. The number of benzene rings is 2. The summed E-state index contributed by atoms with van der Waals surface area (Å²) < 4.78 is 5.63. The van der Waals surface area contributed by atoms with Crippen molar-refractivity contribution in [2.24, 2.45) is 0 Å². The molecular formula is C18H17N3O2. The van der Waals surface area contributed by atoms with Gasteiger partial charge in [0.05, 0.1) is 6.54 Å². The number of nitrogens with zero attached hydrogens (tertiary/aromatic N) is 2. The molecule has 5 nitrogen and oxygen atoms in total. The van der Waals surface area contributed by atoms with Crippen LogP contribution in [0.2, 0.25) is 0 Å². The molecule has 1 amide bonds. The largest absolute Gasteiger partial charge is 0.419 e. The Morgan fingerprint density at radius 3 is 2.43 bits per heavy atom. The normalized spacial score (nSPS) is 10.5. The van der Waals surface area contributed by atoms with E-state index in [2.05, 4.69) is 15.5 Å². The first kappa shape index (κ1) is 15.0. The Morgan fingerprint density at radius 2 is 1.70 bits per heavy atom. The third-order valence-electron chi connectivity index (χ3n) is 3.63. The van der Waals surface area contributed by atoms with Gasteiger partial charge in [-0.25, -0.2) is 0 Å². The van der Waals surface area contributed by atoms with Crippen LogP contribution in [0.1, 0.15) is 27.4 Å². The second-order valence-corrected chi connectivity index (χ2v) is 5.31. The predicted molar refractivity (Wildman–Crippen MR) is 86.8 cm³/mol. The van der Waals surface area contributed by atoms with E-state index in [0.29, 0.717) is 17.3 Å². The zero-order valence-corrected chi connectivity index (χ0v) is 13.0. The fourth-order valence-corrected chi connectivity index (χ4v) is 2.33. The van der Waals surface area contributed by atoms with Crippen LogP contribution >= 0.6 is 0 Å². The molecule has 0 bridgehead atoms. The summed E-state index contributed by atoms with van der Waals surface area (Å²) in [5, 5.41) is 10.8. The second-order valence-electron chi connectivity index (χ2n) is 5.31. The molecule has 0 saturated heterocycles. The topological polar surface area (TPSA) is 68.0 Å². The van der Waals surface area contributed by atoms with E-state index >= 15 is 0 Å². The molecule has 2 aromatic carbocycles. The van der Waals surface area contributed by atoms with Crippen molar-refractivity contribution < 1.29 is 9.21 Å². The summed E-state index contributed by atoms with van der Waals surface area (Å²) in [5.41, 5.74) is 3.53. The Kier molecular flexibility index (Phi) is 4.19. The molecule has 1 N–H and O–H groups in total. The van der Waals surface area contributed by atoms with Gasteiger partial charge in [-0.1, -0.05) is 36.4 Å². The maximum absolute atomic E-state index is 12.2. The van der Waals surface area contributed by atoms with E-state index in [1.807, 2.05) is 56.3 Å². The smallest absolute Gasteiger partial charge is 0.251 e. The van der Waals surface area contributed by atoms with Crippen molar-refractivity contribution in [2.75, 3.05) is 0 Å². The van der Waals surface area contributed by atoms with Crippen LogP contribution in [-0.4, -0.2) is 16.1 Å². The fourth-order valence-electron chi connectivity index (χ4n) is 2.33. The van der Waals surface area contributed by atoms with E-state index in [1.165, 1.54) is 0 Å². The Labute approximate surface area is 134 Å². The zero-order chi connectivity index (χ0) is 16.2. The molecule has 0 saturated carbocycles. The minimum absolute atomic E-state index is 0.154. The van der Waals surface area contributed by atoms with Crippen LogP contribution in [0, 0.1) is 13.8 Å². The monoisotopic (exact) mass is 307 g/mol. The van der Waals surface area contributed by atoms with Crippen molar-refractivity contribution in [3.8, 4) is 11.5 Å². The van der Waals surface area contributed by atoms with Crippen molar-refractivity contribution in [1.29, 1.82) is 0 Å². The number of carbonyl (C=O) groups is 1. The number of hydrogen-bond acceptors (Lipinski definition) is 4. The Morgan fingerprint density at radius 1 is 1.00 bits per heavy atom. The number of aryl methyl sites for hydroxylation is 2. The second kappa shape index (κ2) is 6.44. The van der Waals surface area contributed by atoms with Gasteiger partial charge in [-0.05, 0) is 37.1 Å². The maximum atomic E-state index is 12.2. The van der Waals surface area contributed by atoms with E-state index < -0.39 is 0 Å². The van der Waals surface area contributed by atoms with Crippen molar-refractivity contribution >= 4 is 5.91 Å². The SMILES string of the molecule is Cc1ccccc1C(=O)NCc1nnc(-c2ccccc2C)o1. The van der Waals surface area contributed by atoms with E-state index in [9.17, 15) is 4.79 Å². The maximum Gasteiger partial charge on any atom is 0.251 e. The van der Waals surface area contributed by atoms with Gasteiger partial charge >= 0.3 is 0 Å². The molecule has 0 atom stereocenters. The number of rotatable bonds is 4. The van der Waals surface area contributed by atoms with Gasteiger partial charge in [0, 0.05) is 11.1 Å². The van der Waals surface area contributed by atoms with Gasteiger partial charge in [-0.3, -0.25) is 4.79 Å². The first-order chi connectivity index (χ1) is 11.1. The number of amides is 1. The molecule has 0 fully saturated rings. The van der Waals surface area contributed by atoms with Crippen LogP contribution in [0.4, 0.5) is 0 Å². The molecule has 1 aromatic heterocycles. The summed E-state index contributed by atoms with van der Waals surface area (Å²) >= 11 is 0. The number of nitrogens with one attached hydrogen (secondary N) is 1. The van der Waals surface area contributed by atoms with Gasteiger partial charge in [-0.15, -0.1) is 10.2 Å². The summed E-state index contributed by atoms with van der Waals surface area (Å²) in [6.45, 7) is 4.09. The van der Waals surface area contributed by atoms with Crippen molar-refractivity contribution in [1.82, 2.24) is 15.5 Å². The minimum atomic E-state index is -0.154. The quantitative estimate of drug-likeness (QED) is 0.803. The van der Waals surface area contributed by atoms with Crippen LogP contribution in [0.5, 0.6) is 0 Å². The van der Waals surface area contributed by atoms with Crippen molar-refractivity contribution in [3.05, 3.63) is 71.1 Å². The molecule has 0 spiro atoms. The van der Waals surface area contributed by atoms with E-state index in [-0.39, 0.29) is 12.5 Å². The van der Waals surface area contributed by atoms with Gasteiger partial charge in [0.1, 0.15) is 0 Å². The van der Waals surface area contributed by atoms with E-state index in [0.717, 1.165) is 16.7 Å². The van der Waals surface area contributed by atoms with Crippen LogP contribution < -0.4 is 5.32 Å². The molecule has 0 aliphatic heterocycles. The third kappa shape index (κ3) is 3.29. The van der Waals surface area contributed by atoms with Gasteiger partial charge in [0.2, 0.25) is 11.8 Å². The van der Waals surface area contributed by atoms with Crippen molar-refractivity contribution in [2.45, 2.75) is 20.4 Å². The molecule has 3 rings (SSSR count). The van der Waals surface area contributed by atoms with Gasteiger partial charge in [-0.2, -0.15) is 0 Å². The lowest BCUT2D eigenvalue weighted by Crippen LogP contribution is -2.23. The van der Waals surface area contributed by atoms with Crippen LogP contribution in [0.3, 0.4) is 0 Å². The van der Waals surface area contributed by atoms with Crippen LogP contribution in [-0.2, 0) is 6.54 Å². The molecule has 0 radical (unpaired) electrons. The lowest BCUT2D eigenvalue weighted by atomic mass is 10.1. The first-order valence-corrected chi connectivity index (χ1v) is 7.37. The molecule has 0 unspecified atom stereocenters. The molecular weight excluding hydrogens is 290 g/mol. The molecule has 23 heavy (non-hydrogen) atoms.